The molecular formula is C12H20N2O4. The van der Waals surface area contributed by atoms with E-state index in [0.29, 0.717) is 0 Å². The van der Waals surface area contributed by atoms with Crippen LogP contribution in [-0.2, 0) is 9.59 Å². The van der Waals surface area contributed by atoms with E-state index in [2.05, 4.69) is 0 Å². The van der Waals surface area contributed by atoms with Crippen LogP contribution >= 0.6 is 0 Å². The average molecular weight is 256 g/mol. The van der Waals surface area contributed by atoms with Crippen LogP contribution < -0.4 is 5.73 Å². The number of rotatable bonds is 2. The molecule has 102 valence electrons. The first-order valence-electron chi connectivity index (χ1n) is 6.47. The van der Waals surface area contributed by atoms with Gasteiger partial charge in [0.25, 0.3) is 0 Å². The number of carboxylic acids is 1. The normalized spacial score (nSPS) is 36.7. The van der Waals surface area contributed by atoms with Crippen molar-refractivity contribution in [3.8, 4) is 0 Å². The van der Waals surface area contributed by atoms with Gasteiger partial charge in [-0.2, -0.15) is 0 Å². The minimum absolute atomic E-state index is 0.110. The molecule has 2 unspecified atom stereocenters. The van der Waals surface area contributed by atoms with Crippen LogP contribution in [0.4, 0.5) is 0 Å². The van der Waals surface area contributed by atoms with E-state index >= 15 is 0 Å². The Morgan fingerprint density at radius 1 is 1.22 bits per heavy atom. The van der Waals surface area contributed by atoms with E-state index in [1.165, 1.54) is 4.90 Å². The smallest absolute Gasteiger partial charge is 0.326 e. The number of nitrogens with zero attached hydrogens (tertiary/aromatic N) is 1. The standard InChI is InChI=1S/C12H20N2O4/c13-9-4-2-1-3-8(9)11(16)14-6-7(15)5-10(14)12(17)18/h7-10,15H,1-6,13H2,(H,17,18)/t7-,8?,9?,10-/m0/s1. The molecule has 1 aliphatic carbocycles. The van der Waals surface area contributed by atoms with Crippen LogP contribution in [-0.4, -0.2) is 51.7 Å². The highest BCUT2D eigenvalue weighted by atomic mass is 16.4. The first kappa shape index (κ1) is 13.3. The predicted octanol–water partition coefficient (Wildman–Crippen LogP) is -0.450. The van der Waals surface area contributed by atoms with Gasteiger partial charge >= 0.3 is 5.97 Å². The summed E-state index contributed by atoms with van der Waals surface area (Å²) in [7, 11) is 0. The summed E-state index contributed by atoms with van der Waals surface area (Å²) in [5.41, 5.74) is 5.95. The van der Waals surface area contributed by atoms with Crippen LogP contribution in [0.25, 0.3) is 0 Å². The van der Waals surface area contributed by atoms with Gasteiger partial charge in [-0.25, -0.2) is 4.79 Å². The largest absolute Gasteiger partial charge is 0.480 e. The van der Waals surface area contributed by atoms with Gasteiger partial charge in [0.2, 0.25) is 5.91 Å². The molecule has 0 radical (unpaired) electrons. The average Bonchev–Trinajstić information content (AvgIpc) is 2.71. The van der Waals surface area contributed by atoms with Crippen LogP contribution in [0.5, 0.6) is 0 Å². The molecule has 0 aromatic heterocycles. The number of nitrogens with two attached hydrogens (primary N) is 1. The van der Waals surface area contributed by atoms with Crippen molar-refractivity contribution >= 4 is 11.9 Å². The summed E-state index contributed by atoms with van der Waals surface area (Å²) in [5, 5.41) is 18.6. The molecule has 2 rings (SSSR count). The molecule has 6 nitrogen and oxygen atoms in total. The molecule has 0 aromatic rings. The molecule has 1 heterocycles. The zero-order valence-electron chi connectivity index (χ0n) is 10.3. The van der Waals surface area contributed by atoms with Gasteiger partial charge in [0.15, 0.2) is 0 Å². The lowest BCUT2D eigenvalue weighted by Gasteiger charge is -2.32. The van der Waals surface area contributed by atoms with E-state index in [4.69, 9.17) is 10.8 Å². The Labute approximate surface area is 106 Å². The number of carboxylic acid groups (broad SMARTS) is 1. The maximum Gasteiger partial charge on any atom is 0.326 e. The van der Waals surface area contributed by atoms with Crippen molar-refractivity contribution < 1.29 is 19.8 Å². The van der Waals surface area contributed by atoms with Gasteiger partial charge in [-0.3, -0.25) is 4.79 Å². The molecule has 18 heavy (non-hydrogen) atoms. The van der Waals surface area contributed by atoms with E-state index in [0.717, 1.165) is 25.7 Å². The summed E-state index contributed by atoms with van der Waals surface area (Å²) < 4.78 is 0. The Balaban J connectivity index is 2.09. The number of β-amino-alcohol motifs (C(OH)–C–C–N with tert-alkyl or cyclic N) is 1. The van der Waals surface area contributed by atoms with Gasteiger partial charge in [0, 0.05) is 19.0 Å². The van der Waals surface area contributed by atoms with Crippen LogP contribution in [0.15, 0.2) is 0 Å². The Hall–Kier alpha value is -1.14. The van der Waals surface area contributed by atoms with Crippen molar-refractivity contribution in [2.75, 3.05) is 6.54 Å². The van der Waals surface area contributed by atoms with Gasteiger partial charge in [0.05, 0.1) is 12.0 Å². The second-order valence-electron chi connectivity index (χ2n) is 5.29. The first-order valence-corrected chi connectivity index (χ1v) is 6.47. The number of amides is 1. The summed E-state index contributed by atoms with van der Waals surface area (Å²) in [4.78, 5) is 24.7. The highest BCUT2D eigenvalue weighted by Crippen LogP contribution is 2.28. The van der Waals surface area contributed by atoms with Crippen LogP contribution in [0.1, 0.15) is 32.1 Å². The fraction of sp³-hybridized carbons (Fsp3) is 0.833. The van der Waals surface area contributed by atoms with Gasteiger partial charge < -0.3 is 20.8 Å². The summed E-state index contributed by atoms with van der Waals surface area (Å²) in [6, 6.07) is -1.08. The summed E-state index contributed by atoms with van der Waals surface area (Å²) in [6.07, 6.45) is 2.88. The number of likely N-dealkylation sites (tertiary alicyclic amines) is 1. The van der Waals surface area contributed by atoms with Crippen LogP contribution in [0.3, 0.4) is 0 Å². The fourth-order valence-electron chi connectivity index (χ4n) is 2.97. The number of hydrogen-bond acceptors (Lipinski definition) is 4. The Bertz CT molecular complexity index is 347. The third-order valence-electron chi connectivity index (χ3n) is 3.98. The lowest BCUT2D eigenvalue weighted by atomic mass is 9.84. The summed E-state index contributed by atoms with van der Waals surface area (Å²) in [5.74, 6) is -1.54. The van der Waals surface area contributed by atoms with E-state index in [9.17, 15) is 14.7 Å². The molecule has 2 fully saturated rings. The molecule has 0 spiro atoms. The zero-order valence-corrected chi connectivity index (χ0v) is 10.3. The molecule has 0 aromatic carbocycles. The van der Waals surface area contributed by atoms with Gasteiger partial charge in [-0.15, -0.1) is 0 Å². The maximum atomic E-state index is 12.3. The minimum Gasteiger partial charge on any atom is -0.480 e. The number of hydrogen-bond donors (Lipinski definition) is 3. The van der Waals surface area contributed by atoms with Crippen molar-refractivity contribution in [2.24, 2.45) is 11.7 Å². The fourth-order valence-corrected chi connectivity index (χ4v) is 2.97. The topological polar surface area (TPSA) is 104 Å². The second-order valence-corrected chi connectivity index (χ2v) is 5.29. The first-order chi connectivity index (χ1) is 8.50. The van der Waals surface area contributed by atoms with E-state index in [1.54, 1.807) is 0 Å². The van der Waals surface area contributed by atoms with Crippen molar-refractivity contribution in [2.45, 2.75) is 50.3 Å². The highest BCUT2D eigenvalue weighted by Gasteiger charge is 2.42. The predicted molar refractivity (Wildman–Crippen MR) is 63.7 cm³/mol. The highest BCUT2D eigenvalue weighted by molar-refractivity contribution is 5.86. The van der Waals surface area contributed by atoms with Crippen molar-refractivity contribution in [3.05, 3.63) is 0 Å². The summed E-state index contributed by atoms with van der Waals surface area (Å²) >= 11 is 0. The van der Waals surface area contributed by atoms with Gasteiger partial charge in [-0.05, 0) is 12.8 Å². The third-order valence-corrected chi connectivity index (χ3v) is 3.98. The maximum absolute atomic E-state index is 12.3. The minimum atomic E-state index is -1.05. The Morgan fingerprint density at radius 3 is 2.50 bits per heavy atom. The Kier molecular flexibility index (Phi) is 3.87. The van der Waals surface area contributed by atoms with E-state index < -0.39 is 18.1 Å². The molecule has 4 atom stereocenters. The van der Waals surface area contributed by atoms with Crippen LogP contribution in [0, 0.1) is 5.92 Å². The molecule has 4 N–H and O–H groups in total. The van der Waals surface area contributed by atoms with Gasteiger partial charge in [0.1, 0.15) is 6.04 Å². The number of aliphatic hydroxyl groups is 1. The molecule has 1 aliphatic heterocycles. The quantitative estimate of drug-likeness (QED) is 0.621. The molecule has 1 saturated heterocycles. The summed E-state index contributed by atoms with van der Waals surface area (Å²) in [6.45, 7) is 0.110. The van der Waals surface area contributed by atoms with Gasteiger partial charge in [-0.1, -0.05) is 12.8 Å². The number of aliphatic carboxylic acids is 1. The number of aliphatic hydroxyl groups excluding tert-OH is 1. The van der Waals surface area contributed by atoms with E-state index in [-0.39, 0.29) is 30.8 Å². The zero-order chi connectivity index (χ0) is 13.3. The Morgan fingerprint density at radius 2 is 1.89 bits per heavy atom. The van der Waals surface area contributed by atoms with Crippen molar-refractivity contribution in [1.29, 1.82) is 0 Å². The monoisotopic (exact) mass is 256 g/mol. The SMILES string of the molecule is NC1CCCCC1C(=O)N1C[C@@H](O)C[C@H]1C(=O)O. The number of carbonyl (C=O) groups is 2. The van der Waals surface area contributed by atoms with Crippen molar-refractivity contribution in [3.63, 3.8) is 0 Å². The molecule has 1 saturated carbocycles. The molecule has 6 heteroatoms. The molecule has 1 amide bonds. The van der Waals surface area contributed by atoms with Crippen molar-refractivity contribution in [1.82, 2.24) is 4.90 Å². The third kappa shape index (κ3) is 2.49. The van der Waals surface area contributed by atoms with E-state index in [1.807, 2.05) is 0 Å². The lowest BCUT2D eigenvalue weighted by molar-refractivity contribution is -0.150. The molecule has 0 bridgehead atoms. The van der Waals surface area contributed by atoms with Crippen LogP contribution in [0.2, 0.25) is 0 Å². The molecular weight excluding hydrogens is 236 g/mol. The lowest BCUT2D eigenvalue weighted by Crippen LogP contribution is -2.49. The number of carbonyl (C=O) groups excluding carboxylic acids is 1. The molecule has 2 aliphatic rings. The second kappa shape index (κ2) is 5.24.